The van der Waals surface area contributed by atoms with E-state index in [0.29, 0.717) is 12.7 Å². The molecule has 6 heteroatoms. The molecule has 0 aliphatic carbocycles. The number of carboxylic acid groups (broad SMARTS) is 1. The normalized spacial score (nSPS) is 26.6. The van der Waals surface area contributed by atoms with E-state index in [2.05, 4.69) is 5.32 Å². The number of aliphatic carboxylic acids is 1. The Labute approximate surface area is 76.9 Å². The molecular weight excluding hydrogens is 173 g/mol. The second-order valence-corrected chi connectivity index (χ2v) is 3.40. The molecule has 1 aliphatic rings. The molecule has 1 heterocycles. The highest BCUT2D eigenvalue weighted by Gasteiger charge is 2.35. The molecular formula is C7H14BNO4. The van der Waals surface area contributed by atoms with Crippen LogP contribution in [0.5, 0.6) is 0 Å². The van der Waals surface area contributed by atoms with Gasteiger partial charge in [0.15, 0.2) is 0 Å². The molecule has 0 spiro atoms. The summed E-state index contributed by atoms with van der Waals surface area (Å²) >= 11 is 0. The van der Waals surface area contributed by atoms with Crippen LogP contribution in [-0.2, 0) is 4.79 Å². The largest absolute Gasteiger partial charge is 0.480 e. The van der Waals surface area contributed by atoms with Crippen molar-refractivity contribution >= 4 is 13.1 Å². The zero-order chi connectivity index (χ0) is 9.84. The lowest BCUT2D eigenvalue weighted by Gasteiger charge is -2.34. The second-order valence-electron chi connectivity index (χ2n) is 3.40. The number of nitrogens with one attached hydrogen (secondary N) is 1. The molecule has 5 nitrogen and oxygen atoms in total. The molecule has 13 heavy (non-hydrogen) atoms. The maximum atomic E-state index is 10.5. The molecule has 0 aromatic carbocycles. The average molecular weight is 187 g/mol. The first-order valence-corrected chi connectivity index (χ1v) is 4.43. The van der Waals surface area contributed by atoms with Gasteiger partial charge in [-0.1, -0.05) is 6.42 Å². The number of hydrogen-bond acceptors (Lipinski definition) is 4. The second kappa shape index (κ2) is 4.60. The number of rotatable bonds is 5. The maximum absolute atomic E-state index is 10.5. The molecule has 4 N–H and O–H groups in total. The van der Waals surface area contributed by atoms with Crippen molar-refractivity contribution in [2.45, 2.75) is 25.2 Å². The number of hydrogen-bond donors (Lipinski definition) is 4. The van der Waals surface area contributed by atoms with E-state index in [1.165, 1.54) is 0 Å². The summed E-state index contributed by atoms with van der Waals surface area (Å²) in [6.07, 6.45) is 1.72. The van der Waals surface area contributed by atoms with Crippen molar-refractivity contribution in [3.8, 4) is 0 Å². The van der Waals surface area contributed by atoms with E-state index in [1.807, 2.05) is 0 Å². The van der Waals surface area contributed by atoms with Crippen molar-refractivity contribution in [1.82, 2.24) is 5.32 Å². The first-order chi connectivity index (χ1) is 6.11. The standard InChI is InChI=1S/C7H14BNO4/c10-7(11)6-5(4-9-6)2-1-3-8(12)13/h5-6,9,12-13H,1-4H2,(H,10,11). The van der Waals surface area contributed by atoms with Gasteiger partial charge in [0.05, 0.1) is 0 Å². The van der Waals surface area contributed by atoms with Gasteiger partial charge in [0.2, 0.25) is 0 Å². The van der Waals surface area contributed by atoms with Crippen LogP contribution in [0.3, 0.4) is 0 Å². The SMILES string of the molecule is O=C(O)C1NCC1CCCB(O)O. The van der Waals surface area contributed by atoms with Gasteiger partial charge in [-0.15, -0.1) is 0 Å². The Kier molecular flexibility index (Phi) is 3.71. The molecule has 0 aromatic heterocycles. The molecule has 0 radical (unpaired) electrons. The average Bonchev–Trinajstić information content (AvgIpc) is 1.93. The van der Waals surface area contributed by atoms with Crippen LogP contribution in [-0.4, -0.2) is 40.8 Å². The van der Waals surface area contributed by atoms with Gasteiger partial charge in [-0.05, 0) is 18.7 Å². The van der Waals surface area contributed by atoms with Crippen LogP contribution in [0.2, 0.25) is 6.32 Å². The van der Waals surface area contributed by atoms with Gasteiger partial charge in [-0.2, -0.15) is 0 Å². The van der Waals surface area contributed by atoms with E-state index in [4.69, 9.17) is 15.2 Å². The summed E-state index contributed by atoms with van der Waals surface area (Å²) < 4.78 is 0. The maximum Gasteiger partial charge on any atom is 0.451 e. The fourth-order valence-electron chi connectivity index (χ4n) is 1.52. The van der Waals surface area contributed by atoms with Gasteiger partial charge in [0, 0.05) is 6.54 Å². The molecule has 74 valence electrons. The highest BCUT2D eigenvalue weighted by Crippen LogP contribution is 2.20. The summed E-state index contributed by atoms with van der Waals surface area (Å²) in [6.45, 7) is 0.721. The van der Waals surface area contributed by atoms with Crippen LogP contribution in [0.25, 0.3) is 0 Å². The summed E-state index contributed by atoms with van der Waals surface area (Å²) in [5, 5.41) is 28.6. The molecule has 1 saturated heterocycles. The van der Waals surface area contributed by atoms with Gasteiger partial charge >= 0.3 is 13.1 Å². The Morgan fingerprint density at radius 2 is 2.23 bits per heavy atom. The monoisotopic (exact) mass is 187 g/mol. The molecule has 0 amide bonds. The minimum atomic E-state index is -1.27. The Hall–Kier alpha value is -0.585. The van der Waals surface area contributed by atoms with Crippen molar-refractivity contribution in [2.75, 3.05) is 6.54 Å². The summed E-state index contributed by atoms with van der Waals surface area (Å²) in [6, 6.07) is -0.434. The van der Waals surface area contributed by atoms with Crippen LogP contribution in [0, 0.1) is 5.92 Å². The van der Waals surface area contributed by atoms with Crippen LogP contribution in [0.4, 0.5) is 0 Å². The molecule has 2 atom stereocenters. The lowest BCUT2D eigenvalue weighted by molar-refractivity contribution is -0.143. The minimum absolute atomic E-state index is 0.149. The topological polar surface area (TPSA) is 89.8 Å². The predicted molar refractivity (Wildman–Crippen MR) is 47.1 cm³/mol. The van der Waals surface area contributed by atoms with Gasteiger partial charge in [-0.25, -0.2) is 0 Å². The van der Waals surface area contributed by atoms with Gasteiger partial charge in [0.25, 0.3) is 0 Å². The van der Waals surface area contributed by atoms with Gasteiger partial charge in [-0.3, -0.25) is 4.79 Å². The minimum Gasteiger partial charge on any atom is -0.480 e. The zero-order valence-electron chi connectivity index (χ0n) is 7.31. The highest BCUT2D eigenvalue weighted by molar-refractivity contribution is 6.40. The highest BCUT2D eigenvalue weighted by atomic mass is 16.4. The third kappa shape index (κ3) is 2.98. The van der Waals surface area contributed by atoms with E-state index in [0.717, 1.165) is 13.0 Å². The fraction of sp³-hybridized carbons (Fsp3) is 0.857. The van der Waals surface area contributed by atoms with Gasteiger partial charge in [0.1, 0.15) is 6.04 Å². The van der Waals surface area contributed by atoms with Crippen molar-refractivity contribution in [1.29, 1.82) is 0 Å². The Morgan fingerprint density at radius 3 is 2.62 bits per heavy atom. The lowest BCUT2D eigenvalue weighted by Crippen LogP contribution is -2.57. The Balaban J connectivity index is 2.12. The van der Waals surface area contributed by atoms with E-state index in [-0.39, 0.29) is 5.92 Å². The van der Waals surface area contributed by atoms with E-state index in [9.17, 15) is 4.79 Å². The Bertz CT molecular complexity index is 187. The molecule has 0 aromatic rings. The third-order valence-corrected chi connectivity index (χ3v) is 2.37. The van der Waals surface area contributed by atoms with Crippen LogP contribution < -0.4 is 5.32 Å². The fourth-order valence-corrected chi connectivity index (χ4v) is 1.52. The molecule has 0 bridgehead atoms. The zero-order valence-corrected chi connectivity index (χ0v) is 7.31. The first-order valence-electron chi connectivity index (χ1n) is 4.43. The smallest absolute Gasteiger partial charge is 0.451 e. The first kappa shape index (κ1) is 10.5. The van der Waals surface area contributed by atoms with Crippen molar-refractivity contribution in [3.05, 3.63) is 0 Å². The molecule has 1 rings (SSSR count). The summed E-state index contributed by atoms with van der Waals surface area (Å²) in [5.74, 6) is -0.669. The predicted octanol–water partition coefficient (Wildman–Crippen LogP) is -1.09. The van der Waals surface area contributed by atoms with Crippen molar-refractivity contribution < 1.29 is 19.9 Å². The van der Waals surface area contributed by atoms with Crippen molar-refractivity contribution in [2.24, 2.45) is 5.92 Å². The number of carboxylic acids is 1. The van der Waals surface area contributed by atoms with Crippen LogP contribution in [0.15, 0.2) is 0 Å². The summed E-state index contributed by atoms with van der Waals surface area (Å²) in [4.78, 5) is 10.5. The van der Waals surface area contributed by atoms with Crippen LogP contribution in [0.1, 0.15) is 12.8 Å². The van der Waals surface area contributed by atoms with Crippen molar-refractivity contribution in [3.63, 3.8) is 0 Å². The summed E-state index contributed by atoms with van der Waals surface area (Å²) in [5.41, 5.74) is 0. The van der Waals surface area contributed by atoms with Gasteiger partial charge < -0.3 is 20.5 Å². The van der Waals surface area contributed by atoms with Crippen LogP contribution >= 0.6 is 0 Å². The molecule has 2 unspecified atom stereocenters. The summed E-state index contributed by atoms with van der Waals surface area (Å²) in [7, 11) is -1.27. The number of carbonyl (C=O) groups is 1. The Morgan fingerprint density at radius 1 is 1.54 bits per heavy atom. The molecule has 0 saturated carbocycles. The quantitative estimate of drug-likeness (QED) is 0.410. The van der Waals surface area contributed by atoms with E-state index >= 15 is 0 Å². The molecule has 1 aliphatic heterocycles. The molecule has 1 fully saturated rings. The lowest BCUT2D eigenvalue weighted by atomic mass is 9.79. The third-order valence-electron chi connectivity index (χ3n) is 2.37. The van der Waals surface area contributed by atoms with E-state index in [1.54, 1.807) is 0 Å². The van der Waals surface area contributed by atoms with E-state index < -0.39 is 19.1 Å².